The fraction of sp³-hybridized carbons (Fsp3) is 0.167. The van der Waals surface area contributed by atoms with Crippen LogP contribution in [0, 0.1) is 5.82 Å². The Morgan fingerprint density at radius 2 is 2.18 bits per heavy atom. The van der Waals surface area contributed by atoms with E-state index in [1.54, 1.807) is 0 Å². The van der Waals surface area contributed by atoms with Crippen LogP contribution in [0.4, 0.5) is 4.39 Å². The maximum absolute atomic E-state index is 12.8. The summed E-state index contributed by atoms with van der Waals surface area (Å²) in [4.78, 5) is 3.49. The smallest absolute Gasteiger partial charge is 0.182 e. The van der Waals surface area contributed by atoms with Gasteiger partial charge in [0.1, 0.15) is 5.02 Å². The first-order valence-corrected chi connectivity index (χ1v) is 3.46. The van der Waals surface area contributed by atoms with Gasteiger partial charge in [0.15, 0.2) is 16.7 Å². The van der Waals surface area contributed by atoms with Crippen LogP contribution in [0.5, 0.6) is 5.75 Å². The molecule has 1 heterocycles. The fourth-order valence-corrected chi connectivity index (χ4v) is 0.977. The molecule has 1 aromatic rings. The number of hydrogen-bond acceptors (Lipinski definition) is 2. The Morgan fingerprint density at radius 3 is 2.73 bits per heavy atom. The van der Waals surface area contributed by atoms with Crippen molar-refractivity contribution in [2.75, 3.05) is 7.11 Å². The van der Waals surface area contributed by atoms with Crippen LogP contribution >= 0.6 is 23.2 Å². The molecule has 0 aliphatic heterocycles. The third-order valence-electron chi connectivity index (χ3n) is 1.11. The maximum Gasteiger partial charge on any atom is 0.182 e. The van der Waals surface area contributed by atoms with Crippen LogP contribution in [0.15, 0.2) is 6.20 Å². The van der Waals surface area contributed by atoms with Gasteiger partial charge in [-0.25, -0.2) is 9.37 Å². The molecule has 0 spiro atoms. The number of hydrogen-bond donors (Lipinski definition) is 0. The van der Waals surface area contributed by atoms with Crippen molar-refractivity contribution in [3.63, 3.8) is 0 Å². The summed E-state index contributed by atoms with van der Waals surface area (Å²) in [5.74, 6) is -0.582. The fourth-order valence-electron chi connectivity index (χ4n) is 0.570. The minimum atomic E-state index is -0.757. The average Bonchev–Trinajstić information content (AvgIpc) is 2.01. The average molecular weight is 196 g/mol. The van der Waals surface area contributed by atoms with E-state index in [0.717, 1.165) is 0 Å². The van der Waals surface area contributed by atoms with Crippen LogP contribution in [-0.4, -0.2) is 12.1 Å². The Balaban J connectivity index is 3.25. The van der Waals surface area contributed by atoms with Gasteiger partial charge in [-0.15, -0.1) is 0 Å². The number of ether oxygens (including phenoxy) is 1. The van der Waals surface area contributed by atoms with E-state index >= 15 is 0 Å². The lowest BCUT2D eigenvalue weighted by Crippen LogP contribution is -1.90. The molecule has 0 atom stereocenters. The van der Waals surface area contributed by atoms with Gasteiger partial charge in [-0.1, -0.05) is 23.2 Å². The molecule has 0 aliphatic carbocycles. The van der Waals surface area contributed by atoms with Crippen LogP contribution in [0.1, 0.15) is 0 Å². The van der Waals surface area contributed by atoms with E-state index in [2.05, 4.69) is 9.72 Å². The van der Waals surface area contributed by atoms with Gasteiger partial charge in [-0.3, -0.25) is 0 Å². The summed E-state index contributed by atoms with van der Waals surface area (Å²) in [6.07, 6.45) is 1.26. The molecule has 0 fully saturated rings. The minimum Gasteiger partial charge on any atom is -0.493 e. The Kier molecular flexibility index (Phi) is 2.52. The van der Waals surface area contributed by atoms with Crippen LogP contribution in [0.2, 0.25) is 10.2 Å². The molecule has 0 bridgehead atoms. The Hall–Kier alpha value is -0.540. The number of nitrogens with zero attached hydrogens (tertiary/aromatic N) is 1. The molecule has 60 valence electrons. The molecule has 0 saturated carbocycles. The predicted molar refractivity (Wildman–Crippen MR) is 40.8 cm³/mol. The zero-order chi connectivity index (χ0) is 8.43. The Morgan fingerprint density at radius 1 is 1.55 bits per heavy atom. The van der Waals surface area contributed by atoms with Crippen molar-refractivity contribution in [2.45, 2.75) is 0 Å². The largest absolute Gasteiger partial charge is 0.493 e. The number of methoxy groups -OCH3 is 1. The molecule has 0 radical (unpaired) electrons. The van der Waals surface area contributed by atoms with Gasteiger partial charge in [-0.05, 0) is 0 Å². The highest BCUT2D eigenvalue weighted by atomic mass is 35.5. The van der Waals surface area contributed by atoms with Crippen molar-refractivity contribution in [1.82, 2.24) is 4.98 Å². The highest BCUT2D eigenvalue weighted by molar-refractivity contribution is 6.35. The van der Waals surface area contributed by atoms with Gasteiger partial charge in [0.2, 0.25) is 0 Å². The molecule has 2 nitrogen and oxygen atoms in total. The van der Waals surface area contributed by atoms with Gasteiger partial charge >= 0.3 is 0 Å². The first kappa shape index (κ1) is 8.56. The van der Waals surface area contributed by atoms with E-state index < -0.39 is 5.82 Å². The zero-order valence-corrected chi connectivity index (χ0v) is 7.08. The van der Waals surface area contributed by atoms with E-state index in [-0.39, 0.29) is 15.9 Å². The van der Waals surface area contributed by atoms with Gasteiger partial charge in [0.05, 0.1) is 13.3 Å². The molecule has 0 aromatic carbocycles. The molecular weight excluding hydrogens is 192 g/mol. The summed E-state index contributed by atoms with van der Waals surface area (Å²) in [5, 5.41) is -0.400. The van der Waals surface area contributed by atoms with E-state index in [4.69, 9.17) is 23.2 Å². The van der Waals surface area contributed by atoms with Gasteiger partial charge in [0, 0.05) is 0 Å². The first-order valence-electron chi connectivity index (χ1n) is 2.70. The highest BCUT2D eigenvalue weighted by Crippen LogP contribution is 2.29. The normalized spacial score (nSPS) is 9.82. The number of aromatic nitrogens is 1. The second-order valence-electron chi connectivity index (χ2n) is 1.75. The lowest BCUT2D eigenvalue weighted by atomic mass is 10.4. The second-order valence-corrected chi connectivity index (χ2v) is 2.48. The Labute approximate surface area is 72.9 Å². The molecule has 0 aliphatic rings. The van der Waals surface area contributed by atoms with Crippen molar-refractivity contribution in [2.24, 2.45) is 0 Å². The quantitative estimate of drug-likeness (QED) is 0.643. The number of pyridine rings is 1. The van der Waals surface area contributed by atoms with Crippen LogP contribution in [0.25, 0.3) is 0 Å². The lowest BCUT2D eigenvalue weighted by molar-refractivity contribution is 0.409. The SMILES string of the molecule is COc1cnc(Cl)c(F)c1Cl. The van der Waals surface area contributed by atoms with E-state index in [9.17, 15) is 4.39 Å². The van der Waals surface area contributed by atoms with Crippen molar-refractivity contribution >= 4 is 23.2 Å². The molecule has 1 rings (SSSR count). The summed E-state index contributed by atoms with van der Waals surface area (Å²) in [6.45, 7) is 0. The van der Waals surface area contributed by atoms with Gasteiger partial charge in [0.25, 0.3) is 0 Å². The summed E-state index contributed by atoms with van der Waals surface area (Å²) in [5.41, 5.74) is 0. The third-order valence-corrected chi connectivity index (χ3v) is 1.72. The molecule has 11 heavy (non-hydrogen) atoms. The first-order chi connectivity index (χ1) is 5.16. The zero-order valence-electron chi connectivity index (χ0n) is 5.57. The highest BCUT2D eigenvalue weighted by Gasteiger charge is 2.11. The maximum atomic E-state index is 12.8. The predicted octanol–water partition coefficient (Wildman–Crippen LogP) is 2.54. The third kappa shape index (κ3) is 1.54. The molecule has 1 aromatic heterocycles. The summed E-state index contributed by atoms with van der Waals surface area (Å²) < 4.78 is 17.5. The van der Waals surface area contributed by atoms with Crippen LogP contribution in [-0.2, 0) is 0 Å². The number of halogens is 3. The molecule has 0 N–H and O–H groups in total. The second kappa shape index (κ2) is 3.24. The Bertz CT molecular complexity index is 280. The van der Waals surface area contributed by atoms with Crippen molar-refractivity contribution in [3.05, 3.63) is 22.2 Å². The monoisotopic (exact) mass is 195 g/mol. The lowest BCUT2D eigenvalue weighted by Gasteiger charge is -2.02. The molecule has 0 saturated heterocycles. The van der Waals surface area contributed by atoms with E-state index in [0.29, 0.717) is 0 Å². The summed E-state index contributed by atoms with van der Waals surface area (Å²) in [7, 11) is 1.37. The molecular formula is C6H4Cl2FNO. The standard InChI is InChI=1S/C6H4Cl2FNO/c1-11-3-2-10-6(8)5(9)4(3)7/h2H,1H3. The van der Waals surface area contributed by atoms with Gasteiger partial charge in [-0.2, -0.15) is 0 Å². The van der Waals surface area contributed by atoms with E-state index in [1.165, 1.54) is 13.3 Å². The molecule has 5 heteroatoms. The van der Waals surface area contributed by atoms with Crippen molar-refractivity contribution in [1.29, 1.82) is 0 Å². The van der Waals surface area contributed by atoms with Gasteiger partial charge < -0.3 is 4.74 Å². The van der Waals surface area contributed by atoms with E-state index in [1.807, 2.05) is 0 Å². The molecule has 0 unspecified atom stereocenters. The summed E-state index contributed by atoms with van der Waals surface area (Å²) in [6, 6.07) is 0. The van der Waals surface area contributed by atoms with Crippen molar-refractivity contribution < 1.29 is 9.13 Å². The van der Waals surface area contributed by atoms with Crippen LogP contribution < -0.4 is 4.74 Å². The van der Waals surface area contributed by atoms with Crippen LogP contribution in [0.3, 0.4) is 0 Å². The summed E-state index contributed by atoms with van der Waals surface area (Å²) >= 11 is 10.8. The topological polar surface area (TPSA) is 22.1 Å². The number of rotatable bonds is 1. The minimum absolute atomic E-state index is 0.146. The molecule has 0 amide bonds. The van der Waals surface area contributed by atoms with Crippen molar-refractivity contribution in [3.8, 4) is 5.75 Å².